The van der Waals surface area contributed by atoms with Gasteiger partial charge in [-0.05, 0) is 78.9 Å². The number of halogens is 1. The van der Waals surface area contributed by atoms with Crippen molar-refractivity contribution in [2.24, 2.45) is 0 Å². The standard InChI is InChI=1S/C29H20BrN3O6S/c30-18-4-6-19(7-5-18)31-25-26(29(36)33(28(25)35)15-21-2-1-13-37-21)40-22-10-8-20(9-11-22)32-27(34)17-3-12-23-24(14-17)39-16-38-23/h1-14,31H,15-16H2,(H,32,34). The Morgan fingerprint density at radius 3 is 2.40 bits per heavy atom. The number of furan rings is 1. The van der Waals surface area contributed by atoms with Crippen LogP contribution in [0, 0.1) is 0 Å². The molecule has 0 aliphatic carbocycles. The number of nitrogens with zero attached hydrogens (tertiary/aromatic N) is 1. The molecule has 0 saturated carbocycles. The third-order valence-corrected chi connectivity index (χ3v) is 7.72. The van der Waals surface area contributed by atoms with Crippen LogP contribution in [0.25, 0.3) is 0 Å². The van der Waals surface area contributed by atoms with Crippen molar-refractivity contribution in [3.05, 3.63) is 112 Å². The number of hydrogen-bond donors (Lipinski definition) is 2. The predicted octanol–water partition coefficient (Wildman–Crippen LogP) is 6.01. The number of carbonyl (C=O) groups excluding carboxylic acids is 3. The van der Waals surface area contributed by atoms with Crippen molar-refractivity contribution >= 4 is 56.8 Å². The fourth-order valence-corrected chi connectivity index (χ4v) is 5.31. The average Bonchev–Trinajstić information content (AvgIpc) is 3.70. The first-order valence-electron chi connectivity index (χ1n) is 12.1. The van der Waals surface area contributed by atoms with Crippen LogP contribution in [0.3, 0.4) is 0 Å². The number of anilines is 2. The molecule has 0 unspecified atom stereocenters. The minimum atomic E-state index is -0.445. The molecular weight excluding hydrogens is 598 g/mol. The van der Waals surface area contributed by atoms with E-state index < -0.39 is 11.8 Å². The van der Waals surface area contributed by atoms with Crippen LogP contribution in [-0.4, -0.2) is 29.4 Å². The maximum Gasteiger partial charge on any atom is 0.278 e. The second-order valence-electron chi connectivity index (χ2n) is 8.76. The number of nitrogens with one attached hydrogen (secondary N) is 2. The summed E-state index contributed by atoms with van der Waals surface area (Å²) in [6, 6.07) is 22.7. The van der Waals surface area contributed by atoms with Gasteiger partial charge in [-0.2, -0.15) is 0 Å². The van der Waals surface area contributed by atoms with Crippen molar-refractivity contribution in [1.29, 1.82) is 0 Å². The molecule has 0 saturated heterocycles. The second kappa shape index (κ2) is 10.9. The van der Waals surface area contributed by atoms with E-state index in [0.717, 1.165) is 9.37 Å². The highest BCUT2D eigenvalue weighted by Crippen LogP contribution is 2.37. The Bertz CT molecular complexity index is 1640. The Morgan fingerprint density at radius 1 is 0.900 bits per heavy atom. The third-order valence-electron chi connectivity index (χ3n) is 6.10. The van der Waals surface area contributed by atoms with Crippen LogP contribution >= 0.6 is 27.7 Å². The smallest absolute Gasteiger partial charge is 0.278 e. The van der Waals surface area contributed by atoms with Crippen molar-refractivity contribution in [1.82, 2.24) is 4.90 Å². The van der Waals surface area contributed by atoms with E-state index in [9.17, 15) is 14.4 Å². The maximum absolute atomic E-state index is 13.4. The largest absolute Gasteiger partial charge is 0.467 e. The zero-order chi connectivity index (χ0) is 27.6. The molecule has 200 valence electrons. The minimum absolute atomic E-state index is 0.0189. The number of thioether (sulfide) groups is 1. The van der Waals surface area contributed by atoms with E-state index in [2.05, 4.69) is 26.6 Å². The van der Waals surface area contributed by atoms with E-state index in [1.807, 2.05) is 24.3 Å². The second-order valence-corrected chi connectivity index (χ2v) is 10.8. The molecule has 0 bridgehead atoms. The number of amides is 3. The van der Waals surface area contributed by atoms with Gasteiger partial charge in [-0.1, -0.05) is 27.7 Å². The lowest BCUT2D eigenvalue weighted by Crippen LogP contribution is -2.31. The van der Waals surface area contributed by atoms with E-state index in [-0.39, 0.29) is 29.8 Å². The molecule has 0 radical (unpaired) electrons. The Balaban J connectivity index is 1.21. The molecule has 6 rings (SSSR count). The fourth-order valence-electron chi connectivity index (χ4n) is 4.10. The summed E-state index contributed by atoms with van der Waals surface area (Å²) in [6.45, 7) is 0.149. The van der Waals surface area contributed by atoms with Crippen LogP contribution < -0.4 is 20.1 Å². The van der Waals surface area contributed by atoms with Crippen molar-refractivity contribution in [2.75, 3.05) is 17.4 Å². The number of fused-ring (bicyclic) bond motifs is 1. The van der Waals surface area contributed by atoms with Crippen LogP contribution in [0.5, 0.6) is 11.5 Å². The molecule has 11 heteroatoms. The average molecular weight is 618 g/mol. The Labute approximate surface area is 241 Å². The van der Waals surface area contributed by atoms with Crippen LogP contribution in [0.15, 0.2) is 110 Å². The minimum Gasteiger partial charge on any atom is -0.467 e. The lowest BCUT2D eigenvalue weighted by molar-refractivity contribution is -0.138. The van der Waals surface area contributed by atoms with Gasteiger partial charge < -0.3 is 24.5 Å². The number of rotatable bonds is 8. The summed E-state index contributed by atoms with van der Waals surface area (Å²) < 4.78 is 16.9. The highest BCUT2D eigenvalue weighted by atomic mass is 79.9. The molecule has 0 fully saturated rings. The van der Waals surface area contributed by atoms with Crippen LogP contribution in [0.2, 0.25) is 0 Å². The van der Waals surface area contributed by atoms with Gasteiger partial charge in [0.1, 0.15) is 16.4 Å². The lowest BCUT2D eigenvalue weighted by atomic mass is 10.2. The number of hydrogen-bond acceptors (Lipinski definition) is 8. The zero-order valence-corrected chi connectivity index (χ0v) is 23.1. The fraction of sp³-hybridized carbons (Fsp3) is 0.0690. The summed E-state index contributed by atoms with van der Waals surface area (Å²) >= 11 is 4.57. The van der Waals surface area contributed by atoms with Gasteiger partial charge in [0.2, 0.25) is 6.79 Å². The molecule has 0 atom stereocenters. The Morgan fingerprint density at radius 2 is 1.65 bits per heavy atom. The molecule has 1 aromatic heterocycles. The van der Waals surface area contributed by atoms with Gasteiger partial charge in [0.25, 0.3) is 17.7 Å². The van der Waals surface area contributed by atoms with Gasteiger partial charge in [-0.25, -0.2) is 0 Å². The molecular formula is C29H20BrN3O6S. The highest BCUT2D eigenvalue weighted by molar-refractivity contribution is 9.10. The Hall–Kier alpha value is -4.48. The normalized spacial score (nSPS) is 14.2. The first-order valence-corrected chi connectivity index (χ1v) is 13.7. The summed E-state index contributed by atoms with van der Waals surface area (Å²) in [6.07, 6.45) is 1.50. The van der Waals surface area contributed by atoms with Gasteiger partial charge >= 0.3 is 0 Å². The van der Waals surface area contributed by atoms with Gasteiger partial charge in [0.15, 0.2) is 11.5 Å². The summed E-state index contributed by atoms with van der Waals surface area (Å²) in [7, 11) is 0. The van der Waals surface area contributed by atoms with Gasteiger partial charge in [0.05, 0.1) is 12.8 Å². The predicted molar refractivity (Wildman–Crippen MR) is 152 cm³/mol. The molecule has 9 nitrogen and oxygen atoms in total. The lowest BCUT2D eigenvalue weighted by Gasteiger charge is -2.13. The maximum atomic E-state index is 13.4. The number of carbonyl (C=O) groups is 3. The highest BCUT2D eigenvalue weighted by Gasteiger charge is 2.39. The number of ether oxygens (including phenoxy) is 2. The monoisotopic (exact) mass is 617 g/mol. The van der Waals surface area contributed by atoms with Gasteiger partial charge in [-0.15, -0.1) is 0 Å². The first kappa shape index (κ1) is 25.8. The summed E-state index contributed by atoms with van der Waals surface area (Å²) in [5, 5.41) is 5.97. The molecule has 3 heterocycles. The van der Waals surface area contributed by atoms with Crippen LogP contribution in [-0.2, 0) is 16.1 Å². The van der Waals surface area contributed by atoms with Crippen LogP contribution in [0.1, 0.15) is 16.1 Å². The first-order chi connectivity index (χ1) is 19.4. The molecule has 2 aliphatic heterocycles. The molecule has 0 spiro atoms. The van der Waals surface area contributed by atoms with Gasteiger partial charge in [0, 0.05) is 26.3 Å². The molecule has 2 N–H and O–H groups in total. The van der Waals surface area contributed by atoms with Crippen molar-refractivity contribution in [3.63, 3.8) is 0 Å². The number of imide groups is 1. The number of benzene rings is 3. The topological polar surface area (TPSA) is 110 Å². The SMILES string of the molecule is O=C(Nc1ccc(SC2=C(Nc3ccc(Br)cc3)C(=O)N(Cc3ccco3)C2=O)cc1)c1ccc2c(c1)OCO2. The van der Waals surface area contributed by atoms with Gasteiger partial charge in [-0.3, -0.25) is 19.3 Å². The zero-order valence-electron chi connectivity index (χ0n) is 20.7. The molecule has 40 heavy (non-hydrogen) atoms. The van der Waals surface area contributed by atoms with E-state index in [1.165, 1.54) is 18.0 Å². The van der Waals surface area contributed by atoms with E-state index in [1.54, 1.807) is 54.6 Å². The summed E-state index contributed by atoms with van der Waals surface area (Å²) in [4.78, 5) is 41.6. The van der Waals surface area contributed by atoms with E-state index in [4.69, 9.17) is 13.9 Å². The molecule has 2 aliphatic rings. The van der Waals surface area contributed by atoms with Crippen molar-refractivity contribution < 1.29 is 28.3 Å². The third kappa shape index (κ3) is 5.33. The van der Waals surface area contributed by atoms with E-state index in [0.29, 0.717) is 39.1 Å². The molecule has 3 aromatic carbocycles. The summed E-state index contributed by atoms with van der Waals surface area (Å²) in [5.41, 5.74) is 1.86. The van der Waals surface area contributed by atoms with Crippen molar-refractivity contribution in [2.45, 2.75) is 11.4 Å². The molecule has 3 amide bonds. The Kier molecular flexibility index (Phi) is 7.06. The molecule has 4 aromatic rings. The van der Waals surface area contributed by atoms with Crippen molar-refractivity contribution in [3.8, 4) is 11.5 Å². The van der Waals surface area contributed by atoms with E-state index >= 15 is 0 Å². The van der Waals surface area contributed by atoms with Crippen LogP contribution in [0.4, 0.5) is 11.4 Å². The quantitative estimate of drug-likeness (QED) is 0.231. The summed E-state index contributed by atoms with van der Waals surface area (Å²) in [5.74, 6) is 0.456.